The summed E-state index contributed by atoms with van der Waals surface area (Å²) in [4.78, 5) is 27.8. The number of aromatic amines is 1. The van der Waals surface area contributed by atoms with Crippen molar-refractivity contribution in [2.75, 3.05) is 0 Å². The minimum Gasteiger partial charge on any atom is -0.361 e. The van der Waals surface area contributed by atoms with Crippen molar-refractivity contribution in [2.45, 2.75) is 24.9 Å². The Morgan fingerprint density at radius 1 is 1.32 bits per heavy atom. The van der Waals surface area contributed by atoms with E-state index in [4.69, 9.17) is 0 Å². The third-order valence-corrected chi connectivity index (χ3v) is 4.73. The van der Waals surface area contributed by atoms with E-state index >= 15 is 0 Å². The SMILES string of the molecule is Cn1nccc1[C@@H]1NC(=O)CC[C@H]1NC(=O)c1cccc2cc[nH]c12. The smallest absolute Gasteiger partial charge is 0.253 e. The van der Waals surface area contributed by atoms with Crippen LogP contribution in [0.1, 0.15) is 34.9 Å². The number of carbonyl (C=O) groups excluding carboxylic acids is 2. The predicted octanol–water partition coefficient (Wildman–Crippen LogP) is 1.65. The standard InChI is InChI=1S/C18H19N5O2/c1-23-14(8-10-20-23)17-13(5-6-15(24)22-17)21-18(25)12-4-2-3-11-7-9-19-16(11)12/h2-4,7-10,13,17,19H,5-6H2,1H3,(H,21,25)(H,22,24)/t13-,17-/m1/s1. The van der Waals surface area contributed by atoms with Crippen LogP contribution in [0.4, 0.5) is 0 Å². The van der Waals surface area contributed by atoms with E-state index in [2.05, 4.69) is 20.7 Å². The Labute approximate surface area is 144 Å². The molecule has 1 aromatic carbocycles. The number of nitrogens with one attached hydrogen (secondary N) is 3. The van der Waals surface area contributed by atoms with Crippen LogP contribution in [0.2, 0.25) is 0 Å². The summed E-state index contributed by atoms with van der Waals surface area (Å²) in [5.74, 6) is -0.162. The van der Waals surface area contributed by atoms with Gasteiger partial charge in [-0.25, -0.2) is 0 Å². The molecule has 0 spiro atoms. The highest BCUT2D eigenvalue weighted by Gasteiger charge is 2.33. The predicted molar refractivity (Wildman–Crippen MR) is 92.9 cm³/mol. The maximum Gasteiger partial charge on any atom is 0.253 e. The Kier molecular flexibility index (Phi) is 3.76. The van der Waals surface area contributed by atoms with Crippen LogP contribution in [-0.2, 0) is 11.8 Å². The molecule has 0 aliphatic carbocycles. The molecule has 1 saturated heterocycles. The average Bonchev–Trinajstić information content (AvgIpc) is 3.24. The monoisotopic (exact) mass is 337 g/mol. The molecule has 4 rings (SSSR count). The number of para-hydroxylation sites is 1. The molecule has 0 radical (unpaired) electrons. The quantitative estimate of drug-likeness (QED) is 0.678. The lowest BCUT2D eigenvalue weighted by Crippen LogP contribution is -2.50. The highest BCUT2D eigenvalue weighted by Crippen LogP contribution is 2.25. The number of piperidine rings is 1. The van der Waals surface area contributed by atoms with Crippen LogP contribution in [0, 0.1) is 0 Å². The van der Waals surface area contributed by atoms with E-state index in [-0.39, 0.29) is 23.9 Å². The van der Waals surface area contributed by atoms with Crippen molar-refractivity contribution < 1.29 is 9.59 Å². The van der Waals surface area contributed by atoms with Gasteiger partial charge in [-0.15, -0.1) is 0 Å². The first kappa shape index (κ1) is 15.4. The number of carbonyl (C=O) groups is 2. The normalized spacial score (nSPS) is 20.4. The molecule has 1 aliphatic heterocycles. The minimum absolute atomic E-state index is 0.0110. The van der Waals surface area contributed by atoms with Gasteiger partial charge in [-0.3, -0.25) is 14.3 Å². The molecule has 3 heterocycles. The molecule has 7 nitrogen and oxygen atoms in total. The molecule has 0 unspecified atom stereocenters. The van der Waals surface area contributed by atoms with Crippen LogP contribution in [0.5, 0.6) is 0 Å². The molecule has 7 heteroatoms. The highest BCUT2D eigenvalue weighted by molar-refractivity contribution is 6.05. The van der Waals surface area contributed by atoms with E-state index < -0.39 is 0 Å². The third-order valence-electron chi connectivity index (χ3n) is 4.73. The summed E-state index contributed by atoms with van der Waals surface area (Å²) in [5.41, 5.74) is 2.29. The molecule has 0 bridgehead atoms. The summed E-state index contributed by atoms with van der Waals surface area (Å²) in [6.45, 7) is 0. The van der Waals surface area contributed by atoms with E-state index in [1.807, 2.05) is 37.5 Å². The van der Waals surface area contributed by atoms with Crippen LogP contribution >= 0.6 is 0 Å². The number of benzene rings is 1. The first-order chi connectivity index (χ1) is 12.1. The van der Waals surface area contributed by atoms with Gasteiger partial charge in [0, 0.05) is 31.2 Å². The Bertz CT molecular complexity index is 942. The number of rotatable bonds is 3. The van der Waals surface area contributed by atoms with Crippen molar-refractivity contribution in [2.24, 2.45) is 7.05 Å². The molecule has 2 aromatic heterocycles. The Morgan fingerprint density at radius 3 is 3.00 bits per heavy atom. The molecule has 3 aromatic rings. The van der Waals surface area contributed by atoms with Gasteiger partial charge in [0.1, 0.15) is 0 Å². The summed E-state index contributed by atoms with van der Waals surface area (Å²) in [5, 5.41) is 11.2. The molecule has 2 atom stereocenters. The molecule has 128 valence electrons. The second-order valence-electron chi connectivity index (χ2n) is 6.29. The van der Waals surface area contributed by atoms with E-state index in [1.54, 1.807) is 16.9 Å². The third kappa shape index (κ3) is 2.77. The van der Waals surface area contributed by atoms with E-state index in [0.29, 0.717) is 18.4 Å². The highest BCUT2D eigenvalue weighted by atomic mass is 16.2. The van der Waals surface area contributed by atoms with Crippen molar-refractivity contribution in [1.82, 2.24) is 25.4 Å². The van der Waals surface area contributed by atoms with Crippen molar-refractivity contribution in [3.05, 3.63) is 54.0 Å². The van der Waals surface area contributed by atoms with Gasteiger partial charge >= 0.3 is 0 Å². The summed E-state index contributed by atoms with van der Waals surface area (Å²) in [6, 6.07) is 8.95. The second kappa shape index (κ2) is 6.08. The van der Waals surface area contributed by atoms with Gasteiger partial charge in [0.05, 0.1) is 28.9 Å². The number of fused-ring (bicyclic) bond motifs is 1. The fraction of sp³-hybridized carbons (Fsp3) is 0.278. The van der Waals surface area contributed by atoms with Crippen molar-refractivity contribution in [3.8, 4) is 0 Å². The average molecular weight is 337 g/mol. The number of hydrogen-bond donors (Lipinski definition) is 3. The summed E-state index contributed by atoms with van der Waals surface area (Å²) in [7, 11) is 1.83. The zero-order valence-corrected chi connectivity index (χ0v) is 13.8. The van der Waals surface area contributed by atoms with Gasteiger partial charge in [0.25, 0.3) is 5.91 Å². The number of hydrogen-bond acceptors (Lipinski definition) is 3. The molecule has 25 heavy (non-hydrogen) atoms. The lowest BCUT2D eigenvalue weighted by atomic mass is 9.94. The first-order valence-corrected chi connectivity index (χ1v) is 8.28. The van der Waals surface area contributed by atoms with E-state index in [1.165, 1.54) is 0 Å². The number of amides is 2. The van der Waals surface area contributed by atoms with Gasteiger partial charge < -0.3 is 15.6 Å². The van der Waals surface area contributed by atoms with Crippen LogP contribution in [0.3, 0.4) is 0 Å². The van der Waals surface area contributed by atoms with Gasteiger partial charge in [-0.2, -0.15) is 5.10 Å². The summed E-state index contributed by atoms with van der Waals surface area (Å²) >= 11 is 0. The van der Waals surface area contributed by atoms with Crippen molar-refractivity contribution in [1.29, 1.82) is 0 Å². The fourth-order valence-electron chi connectivity index (χ4n) is 3.44. The van der Waals surface area contributed by atoms with E-state index in [9.17, 15) is 9.59 Å². The maximum absolute atomic E-state index is 12.8. The number of H-pyrrole nitrogens is 1. The molecule has 1 fully saturated rings. The number of nitrogens with zero attached hydrogens (tertiary/aromatic N) is 2. The van der Waals surface area contributed by atoms with Gasteiger partial charge in [-0.1, -0.05) is 12.1 Å². The van der Waals surface area contributed by atoms with Crippen LogP contribution < -0.4 is 10.6 Å². The number of aromatic nitrogens is 3. The molecule has 3 N–H and O–H groups in total. The van der Waals surface area contributed by atoms with Crippen LogP contribution in [0.15, 0.2) is 42.7 Å². The Balaban J connectivity index is 1.61. The minimum atomic E-state index is -0.291. The van der Waals surface area contributed by atoms with Crippen LogP contribution in [0.25, 0.3) is 10.9 Å². The summed E-state index contributed by atoms with van der Waals surface area (Å²) in [6.07, 6.45) is 4.50. The zero-order valence-electron chi connectivity index (χ0n) is 13.8. The number of aryl methyl sites for hydroxylation is 1. The van der Waals surface area contributed by atoms with Gasteiger partial charge in [0.2, 0.25) is 5.91 Å². The fourth-order valence-corrected chi connectivity index (χ4v) is 3.44. The zero-order chi connectivity index (χ0) is 17.4. The van der Waals surface area contributed by atoms with Crippen molar-refractivity contribution in [3.63, 3.8) is 0 Å². The Morgan fingerprint density at radius 2 is 2.20 bits per heavy atom. The lowest BCUT2D eigenvalue weighted by Gasteiger charge is -2.33. The van der Waals surface area contributed by atoms with Crippen LogP contribution in [-0.4, -0.2) is 32.6 Å². The topological polar surface area (TPSA) is 91.8 Å². The molecule has 0 saturated carbocycles. The maximum atomic E-state index is 12.8. The Hall–Kier alpha value is -3.09. The molecular weight excluding hydrogens is 318 g/mol. The van der Waals surface area contributed by atoms with Gasteiger partial charge in [-0.05, 0) is 24.6 Å². The second-order valence-corrected chi connectivity index (χ2v) is 6.29. The van der Waals surface area contributed by atoms with Gasteiger partial charge in [0.15, 0.2) is 0 Å². The molecule has 1 aliphatic rings. The summed E-state index contributed by atoms with van der Waals surface area (Å²) < 4.78 is 1.72. The first-order valence-electron chi connectivity index (χ1n) is 8.28. The largest absolute Gasteiger partial charge is 0.361 e. The van der Waals surface area contributed by atoms with E-state index in [0.717, 1.165) is 16.6 Å². The molecular formula is C18H19N5O2. The molecule has 2 amide bonds. The lowest BCUT2D eigenvalue weighted by molar-refractivity contribution is -0.123. The van der Waals surface area contributed by atoms with Crippen molar-refractivity contribution >= 4 is 22.7 Å².